The second-order valence-corrected chi connectivity index (χ2v) is 5.15. The van der Waals surface area contributed by atoms with E-state index in [9.17, 15) is 4.79 Å². The maximum atomic E-state index is 12.0. The minimum atomic E-state index is -0.0945. The smallest absolute Gasteiger partial charge is 0.269 e. The Morgan fingerprint density at radius 3 is 2.84 bits per heavy atom. The molecule has 5 heteroatoms. The lowest BCUT2D eigenvalue weighted by Gasteiger charge is -2.17. The number of amides is 1. The molecule has 19 heavy (non-hydrogen) atoms. The Balaban J connectivity index is 1.95. The topological polar surface area (TPSA) is 48.5 Å². The Labute approximate surface area is 114 Å². The average Bonchev–Trinajstić information content (AvgIpc) is 2.92. The Kier molecular flexibility index (Phi) is 4.74. The lowest BCUT2D eigenvalue weighted by Crippen LogP contribution is -2.32. The van der Waals surface area contributed by atoms with Crippen LogP contribution in [0.15, 0.2) is 18.3 Å². The van der Waals surface area contributed by atoms with Crippen molar-refractivity contribution in [2.75, 3.05) is 45.2 Å². The molecule has 0 unspecified atom stereocenters. The second kappa shape index (κ2) is 6.52. The van der Waals surface area contributed by atoms with E-state index in [4.69, 9.17) is 0 Å². The summed E-state index contributed by atoms with van der Waals surface area (Å²) in [6, 6.07) is 3.86. The van der Waals surface area contributed by atoms with Gasteiger partial charge in [-0.05, 0) is 39.1 Å². The number of aromatic nitrogens is 1. The fourth-order valence-corrected chi connectivity index (χ4v) is 2.20. The monoisotopic (exact) mass is 262 g/mol. The number of likely N-dealkylation sites (N-methyl/N-ethyl adjacent to an activating group) is 1. The number of rotatable bonds is 5. The Morgan fingerprint density at radius 1 is 1.42 bits per heavy atom. The predicted molar refractivity (Wildman–Crippen MR) is 76.6 cm³/mol. The number of hydrogen-bond acceptors (Lipinski definition) is 4. The quantitative estimate of drug-likeness (QED) is 0.859. The highest BCUT2D eigenvalue weighted by molar-refractivity contribution is 5.93. The normalized spacial score (nSPS) is 15.0. The summed E-state index contributed by atoms with van der Waals surface area (Å²) in [5.41, 5.74) is 1.61. The lowest BCUT2D eigenvalue weighted by atomic mass is 10.3. The molecule has 1 aromatic heterocycles. The van der Waals surface area contributed by atoms with Gasteiger partial charge in [-0.2, -0.15) is 0 Å². The van der Waals surface area contributed by atoms with Crippen LogP contribution >= 0.6 is 0 Å². The van der Waals surface area contributed by atoms with E-state index in [0.29, 0.717) is 12.2 Å². The molecular weight excluding hydrogens is 240 g/mol. The minimum Gasteiger partial charge on any atom is -0.371 e. The van der Waals surface area contributed by atoms with Gasteiger partial charge in [0.05, 0.1) is 0 Å². The van der Waals surface area contributed by atoms with E-state index in [2.05, 4.69) is 15.2 Å². The number of pyridine rings is 1. The summed E-state index contributed by atoms with van der Waals surface area (Å²) in [7, 11) is 3.97. The number of nitrogens with zero attached hydrogens (tertiary/aromatic N) is 3. The molecule has 0 spiro atoms. The van der Waals surface area contributed by atoms with Crippen LogP contribution in [0.25, 0.3) is 0 Å². The third-order valence-electron chi connectivity index (χ3n) is 3.29. The third kappa shape index (κ3) is 3.92. The highest BCUT2D eigenvalue weighted by Gasteiger charge is 2.14. The minimum absolute atomic E-state index is 0.0945. The van der Waals surface area contributed by atoms with Gasteiger partial charge in [-0.15, -0.1) is 0 Å². The van der Waals surface area contributed by atoms with Gasteiger partial charge in [-0.25, -0.2) is 0 Å². The summed E-state index contributed by atoms with van der Waals surface area (Å²) < 4.78 is 0. The molecule has 1 N–H and O–H groups in total. The SMILES string of the molecule is CN(C)CCNC(=O)c1cc(N2CCCC2)ccn1. The molecule has 1 saturated heterocycles. The van der Waals surface area contributed by atoms with Crippen LogP contribution in [0.4, 0.5) is 5.69 Å². The van der Waals surface area contributed by atoms with Crippen LogP contribution in [0.5, 0.6) is 0 Å². The number of anilines is 1. The zero-order valence-electron chi connectivity index (χ0n) is 11.7. The van der Waals surface area contributed by atoms with Gasteiger partial charge in [0.2, 0.25) is 0 Å². The molecule has 1 aromatic rings. The van der Waals surface area contributed by atoms with E-state index < -0.39 is 0 Å². The predicted octanol–water partition coefficient (Wildman–Crippen LogP) is 0.973. The molecule has 0 atom stereocenters. The molecule has 1 aliphatic heterocycles. The summed E-state index contributed by atoms with van der Waals surface area (Å²) in [5.74, 6) is -0.0945. The lowest BCUT2D eigenvalue weighted by molar-refractivity contribution is 0.0946. The molecule has 2 rings (SSSR count). The fraction of sp³-hybridized carbons (Fsp3) is 0.571. The first-order valence-corrected chi connectivity index (χ1v) is 6.81. The number of carbonyl (C=O) groups excluding carboxylic acids is 1. The van der Waals surface area contributed by atoms with Crippen LogP contribution in [0, 0.1) is 0 Å². The molecule has 104 valence electrons. The van der Waals surface area contributed by atoms with Crippen molar-refractivity contribution < 1.29 is 4.79 Å². The molecule has 0 bridgehead atoms. The number of nitrogens with one attached hydrogen (secondary N) is 1. The van der Waals surface area contributed by atoms with Gasteiger partial charge in [0.15, 0.2) is 0 Å². The first kappa shape index (κ1) is 13.8. The largest absolute Gasteiger partial charge is 0.371 e. The standard InChI is InChI=1S/C14H22N4O/c1-17(2)10-7-16-14(19)13-11-12(5-6-15-13)18-8-3-4-9-18/h5-6,11H,3-4,7-10H2,1-2H3,(H,16,19). The summed E-state index contributed by atoms with van der Waals surface area (Å²) in [6.45, 7) is 3.62. The van der Waals surface area contributed by atoms with Crippen LogP contribution < -0.4 is 10.2 Å². The Bertz CT molecular complexity index is 427. The van der Waals surface area contributed by atoms with Crippen molar-refractivity contribution >= 4 is 11.6 Å². The fourth-order valence-electron chi connectivity index (χ4n) is 2.20. The summed E-state index contributed by atoms with van der Waals surface area (Å²) >= 11 is 0. The van der Waals surface area contributed by atoms with Gasteiger partial charge in [0, 0.05) is 38.1 Å². The molecule has 0 radical (unpaired) electrons. The molecule has 0 aliphatic carbocycles. The summed E-state index contributed by atoms with van der Waals surface area (Å²) in [4.78, 5) is 20.5. The van der Waals surface area contributed by atoms with E-state index in [-0.39, 0.29) is 5.91 Å². The third-order valence-corrected chi connectivity index (χ3v) is 3.29. The van der Waals surface area contributed by atoms with Gasteiger partial charge in [0.1, 0.15) is 5.69 Å². The van der Waals surface area contributed by atoms with E-state index in [0.717, 1.165) is 25.3 Å². The highest BCUT2D eigenvalue weighted by Crippen LogP contribution is 2.19. The van der Waals surface area contributed by atoms with Crippen LogP contribution in [-0.2, 0) is 0 Å². The van der Waals surface area contributed by atoms with Crippen molar-refractivity contribution in [3.63, 3.8) is 0 Å². The van der Waals surface area contributed by atoms with E-state index in [1.165, 1.54) is 12.8 Å². The molecular formula is C14H22N4O. The molecule has 5 nitrogen and oxygen atoms in total. The van der Waals surface area contributed by atoms with Crippen molar-refractivity contribution in [2.24, 2.45) is 0 Å². The van der Waals surface area contributed by atoms with Crippen LogP contribution in [0.2, 0.25) is 0 Å². The van der Waals surface area contributed by atoms with Gasteiger partial charge in [-0.3, -0.25) is 9.78 Å². The molecule has 0 saturated carbocycles. The Hall–Kier alpha value is -1.62. The van der Waals surface area contributed by atoms with Crippen LogP contribution in [-0.4, -0.2) is 56.1 Å². The van der Waals surface area contributed by atoms with E-state index in [1.807, 2.05) is 31.1 Å². The van der Waals surface area contributed by atoms with Gasteiger partial charge < -0.3 is 15.1 Å². The van der Waals surface area contributed by atoms with Crippen molar-refractivity contribution in [2.45, 2.75) is 12.8 Å². The van der Waals surface area contributed by atoms with Crippen LogP contribution in [0.1, 0.15) is 23.3 Å². The molecule has 1 amide bonds. The molecule has 2 heterocycles. The highest BCUT2D eigenvalue weighted by atomic mass is 16.1. The average molecular weight is 262 g/mol. The maximum absolute atomic E-state index is 12.0. The van der Waals surface area contributed by atoms with Crippen molar-refractivity contribution in [1.82, 2.24) is 15.2 Å². The first-order chi connectivity index (χ1) is 9.16. The number of carbonyl (C=O) groups is 1. The summed E-state index contributed by atoms with van der Waals surface area (Å²) in [5, 5.41) is 2.89. The van der Waals surface area contributed by atoms with Gasteiger partial charge in [-0.1, -0.05) is 0 Å². The molecule has 1 aliphatic rings. The van der Waals surface area contributed by atoms with Crippen molar-refractivity contribution in [3.05, 3.63) is 24.0 Å². The number of hydrogen-bond donors (Lipinski definition) is 1. The summed E-state index contributed by atoms with van der Waals surface area (Å²) in [6.07, 6.45) is 4.17. The zero-order valence-corrected chi connectivity index (χ0v) is 11.7. The van der Waals surface area contributed by atoms with Crippen molar-refractivity contribution in [1.29, 1.82) is 0 Å². The van der Waals surface area contributed by atoms with Crippen molar-refractivity contribution in [3.8, 4) is 0 Å². The van der Waals surface area contributed by atoms with Gasteiger partial charge in [0.25, 0.3) is 5.91 Å². The zero-order chi connectivity index (χ0) is 13.7. The van der Waals surface area contributed by atoms with Crippen LogP contribution in [0.3, 0.4) is 0 Å². The maximum Gasteiger partial charge on any atom is 0.269 e. The Morgan fingerprint density at radius 2 is 2.16 bits per heavy atom. The van der Waals surface area contributed by atoms with E-state index in [1.54, 1.807) is 6.20 Å². The van der Waals surface area contributed by atoms with E-state index >= 15 is 0 Å². The second-order valence-electron chi connectivity index (χ2n) is 5.15. The molecule has 1 fully saturated rings. The van der Waals surface area contributed by atoms with Gasteiger partial charge >= 0.3 is 0 Å². The first-order valence-electron chi connectivity index (χ1n) is 6.81. The molecule has 0 aromatic carbocycles.